The highest BCUT2D eigenvalue weighted by Gasteiger charge is 2.30. The average molecular weight is 227 g/mol. The molecule has 1 atom stereocenters. The lowest BCUT2D eigenvalue weighted by molar-refractivity contribution is -0.161. The largest absolute Gasteiger partial charge is 0.463 e. The van der Waals surface area contributed by atoms with Gasteiger partial charge in [-0.3, -0.25) is 9.69 Å². The molecule has 2 fully saturated rings. The van der Waals surface area contributed by atoms with Gasteiger partial charge in [-0.05, 0) is 25.9 Å². The van der Waals surface area contributed by atoms with Crippen LogP contribution in [0.1, 0.15) is 25.7 Å². The van der Waals surface area contributed by atoms with Gasteiger partial charge in [-0.15, -0.1) is 0 Å². The zero-order chi connectivity index (χ0) is 11.4. The van der Waals surface area contributed by atoms with E-state index in [0.29, 0.717) is 19.6 Å². The fourth-order valence-electron chi connectivity index (χ4n) is 2.08. The summed E-state index contributed by atoms with van der Waals surface area (Å²) in [6.45, 7) is 2.55. The van der Waals surface area contributed by atoms with Crippen molar-refractivity contribution in [2.75, 3.05) is 26.2 Å². The summed E-state index contributed by atoms with van der Waals surface area (Å²) < 4.78 is 9.80. The molecule has 1 unspecified atom stereocenters. The van der Waals surface area contributed by atoms with E-state index in [2.05, 4.69) is 4.90 Å². The highest BCUT2D eigenvalue weighted by Crippen LogP contribution is 2.12. The van der Waals surface area contributed by atoms with Gasteiger partial charge in [-0.1, -0.05) is 6.42 Å². The van der Waals surface area contributed by atoms with Gasteiger partial charge in [0.15, 0.2) is 0 Å². The quantitative estimate of drug-likeness (QED) is 0.650. The van der Waals surface area contributed by atoms with E-state index in [1.165, 1.54) is 6.42 Å². The molecule has 0 amide bonds. The van der Waals surface area contributed by atoms with Crippen molar-refractivity contribution in [1.82, 2.24) is 4.90 Å². The van der Waals surface area contributed by atoms with Crippen molar-refractivity contribution in [3.8, 4) is 0 Å². The average Bonchev–Trinajstić information content (AvgIpc) is 2.66. The zero-order valence-electron chi connectivity index (χ0n) is 9.31. The van der Waals surface area contributed by atoms with Crippen molar-refractivity contribution in [3.63, 3.8) is 0 Å². The lowest BCUT2D eigenvalue weighted by Crippen LogP contribution is -2.37. The number of hydrogen-bond acceptors (Lipinski definition) is 5. The minimum Gasteiger partial charge on any atom is -0.463 e. The molecule has 0 aromatic heterocycles. The molecule has 0 aromatic rings. The minimum atomic E-state index is -0.669. The van der Waals surface area contributed by atoms with Crippen molar-refractivity contribution in [2.24, 2.45) is 0 Å². The maximum absolute atomic E-state index is 11.5. The molecule has 16 heavy (non-hydrogen) atoms. The van der Waals surface area contributed by atoms with Gasteiger partial charge in [0, 0.05) is 6.42 Å². The third-order valence-corrected chi connectivity index (χ3v) is 2.96. The molecule has 0 aromatic carbocycles. The molecule has 2 saturated heterocycles. The van der Waals surface area contributed by atoms with E-state index in [1.54, 1.807) is 0 Å². The number of hydrogen-bond donors (Lipinski definition) is 0. The first-order valence-electron chi connectivity index (χ1n) is 5.84. The van der Waals surface area contributed by atoms with Crippen molar-refractivity contribution in [2.45, 2.75) is 31.8 Å². The lowest BCUT2D eigenvalue weighted by atomic mass is 10.1. The molecule has 0 radical (unpaired) electrons. The normalized spacial score (nSPS) is 26.5. The molecule has 2 heterocycles. The maximum atomic E-state index is 11.5. The lowest BCUT2D eigenvalue weighted by Gasteiger charge is -2.25. The van der Waals surface area contributed by atoms with Gasteiger partial charge < -0.3 is 9.47 Å². The van der Waals surface area contributed by atoms with Crippen LogP contribution < -0.4 is 0 Å². The second-order valence-electron chi connectivity index (χ2n) is 4.27. The molecule has 0 spiro atoms. The van der Waals surface area contributed by atoms with Gasteiger partial charge in [0.2, 0.25) is 6.10 Å². The fourth-order valence-corrected chi connectivity index (χ4v) is 2.08. The number of cyclic esters (lactones) is 1. The Balaban J connectivity index is 1.72. The Morgan fingerprint density at radius 3 is 2.75 bits per heavy atom. The number of carbonyl (C=O) groups excluding carboxylic acids is 2. The molecule has 90 valence electrons. The van der Waals surface area contributed by atoms with Gasteiger partial charge in [0.05, 0.1) is 13.2 Å². The molecule has 5 heteroatoms. The van der Waals surface area contributed by atoms with E-state index in [9.17, 15) is 9.59 Å². The van der Waals surface area contributed by atoms with Gasteiger partial charge in [-0.2, -0.15) is 0 Å². The number of ether oxygens (including phenoxy) is 2. The van der Waals surface area contributed by atoms with Crippen molar-refractivity contribution < 1.29 is 19.1 Å². The zero-order valence-corrected chi connectivity index (χ0v) is 9.31. The van der Waals surface area contributed by atoms with E-state index in [1.807, 2.05) is 0 Å². The van der Waals surface area contributed by atoms with E-state index >= 15 is 0 Å². The van der Waals surface area contributed by atoms with Crippen LogP contribution in [0.4, 0.5) is 0 Å². The third-order valence-electron chi connectivity index (χ3n) is 2.96. The topological polar surface area (TPSA) is 55.8 Å². The Kier molecular flexibility index (Phi) is 3.77. The predicted octanol–water partition coefficient (Wildman–Crippen LogP) is 0.331. The molecular formula is C11H17NO4. The molecule has 2 aliphatic heterocycles. The number of likely N-dealkylation sites (tertiary alicyclic amines) is 1. The van der Waals surface area contributed by atoms with Crippen LogP contribution >= 0.6 is 0 Å². The Bertz CT molecular complexity index is 273. The SMILES string of the molecule is O=C(CN1CCCCC1)OC1CCOC1=O. The van der Waals surface area contributed by atoms with Crippen LogP contribution in [0.25, 0.3) is 0 Å². The molecule has 0 saturated carbocycles. The summed E-state index contributed by atoms with van der Waals surface area (Å²) in [5.74, 6) is -0.724. The summed E-state index contributed by atoms with van der Waals surface area (Å²) in [5.41, 5.74) is 0. The fraction of sp³-hybridized carbons (Fsp3) is 0.818. The van der Waals surface area contributed by atoms with E-state index in [-0.39, 0.29) is 5.97 Å². The summed E-state index contributed by atoms with van der Waals surface area (Å²) in [6.07, 6.45) is 3.33. The molecule has 2 rings (SSSR count). The van der Waals surface area contributed by atoms with Crippen LogP contribution in [0.5, 0.6) is 0 Å². The highest BCUT2D eigenvalue weighted by molar-refractivity contribution is 5.81. The molecule has 0 bridgehead atoms. The number of piperidine rings is 1. The predicted molar refractivity (Wildman–Crippen MR) is 55.7 cm³/mol. The maximum Gasteiger partial charge on any atom is 0.347 e. The number of esters is 2. The van der Waals surface area contributed by atoms with Gasteiger partial charge in [0.1, 0.15) is 0 Å². The smallest absolute Gasteiger partial charge is 0.347 e. The van der Waals surface area contributed by atoms with Crippen LogP contribution in [0.3, 0.4) is 0 Å². The molecular weight excluding hydrogens is 210 g/mol. The molecule has 0 aliphatic carbocycles. The summed E-state index contributed by atoms with van der Waals surface area (Å²) in [7, 11) is 0. The van der Waals surface area contributed by atoms with E-state index in [4.69, 9.17) is 9.47 Å². The summed E-state index contributed by atoms with van der Waals surface area (Å²) in [5, 5.41) is 0. The Morgan fingerprint density at radius 1 is 1.38 bits per heavy atom. The highest BCUT2D eigenvalue weighted by atomic mass is 16.6. The van der Waals surface area contributed by atoms with Crippen LogP contribution in [0, 0.1) is 0 Å². The van der Waals surface area contributed by atoms with Crippen molar-refractivity contribution >= 4 is 11.9 Å². The second-order valence-corrected chi connectivity index (χ2v) is 4.27. The first kappa shape index (κ1) is 11.4. The first-order chi connectivity index (χ1) is 7.75. The number of carbonyl (C=O) groups is 2. The van der Waals surface area contributed by atoms with Crippen LogP contribution in [-0.4, -0.2) is 49.2 Å². The van der Waals surface area contributed by atoms with Gasteiger partial charge >= 0.3 is 11.9 Å². The Morgan fingerprint density at radius 2 is 2.12 bits per heavy atom. The third kappa shape index (κ3) is 2.95. The number of nitrogens with zero attached hydrogens (tertiary/aromatic N) is 1. The van der Waals surface area contributed by atoms with Crippen molar-refractivity contribution in [1.29, 1.82) is 0 Å². The first-order valence-corrected chi connectivity index (χ1v) is 5.84. The molecule has 5 nitrogen and oxygen atoms in total. The van der Waals surface area contributed by atoms with Crippen LogP contribution in [0.2, 0.25) is 0 Å². The van der Waals surface area contributed by atoms with Crippen LogP contribution in [-0.2, 0) is 19.1 Å². The standard InChI is InChI=1S/C11H17NO4/c13-10(8-12-5-2-1-3-6-12)16-9-4-7-15-11(9)14/h9H,1-8H2. The van der Waals surface area contributed by atoms with Gasteiger partial charge in [-0.25, -0.2) is 4.79 Å². The van der Waals surface area contributed by atoms with Crippen LogP contribution in [0.15, 0.2) is 0 Å². The van der Waals surface area contributed by atoms with Crippen molar-refractivity contribution in [3.05, 3.63) is 0 Å². The monoisotopic (exact) mass is 227 g/mol. The Hall–Kier alpha value is -1.10. The molecule has 2 aliphatic rings. The second kappa shape index (κ2) is 5.30. The van der Waals surface area contributed by atoms with E-state index in [0.717, 1.165) is 25.9 Å². The molecule has 0 N–H and O–H groups in total. The minimum absolute atomic E-state index is 0.295. The van der Waals surface area contributed by atoms with E-state index < -0.39 is 12.1 Å². The summed E-state index contributed by atoms with van der Waals surface area (Å²) in [6, 6.07) is 0. The van der Waals surface area contributed by atoms with Gasteiger partial charge in [0.25, 0.3) is 0 Å². The summed E-state index contributed by atoms with van der Waals surface area (Å²) >= 11 is 0. The number of rotatable bonds is 3. The Labute approximate surface area is 94.7 Å². The summed E-state index contributed by atoms with van der Waals surface area (Å²) in [4.78, 5) is 24.7.